The van der Waals surface area contributed by atoms with Gasteiger partial charge in [0.2, 0.25) is 15.9 Å². The SMILES string of the molecule is CC(=O)N(C)C1CCCCCS(=O)(=O)NC(=O)c2ccc3c(c2)N(CC2CCC21)C[C@@]1(CCCc2cc(Cl)ccc21)CO3. The van der Waals surface area contributed by atoms with Crippen LogP contribution in [-0.2, 0) is 26.7 Å². The zero-order valence-electron chi connectivity index (χ0n) is 25.1. The normalized spacial score (nSPS) is 28.8. The van der Waals surface area contributed by atoms with Crippen molar-refractivity contribution < 1.29 is 22.7 Å². The fraction of sp³-hybridized carbons (Fsp3) is 0.576. The Balaban J connectivity index is 1.42. The molecule has 8 nitrogen and oxygen atoms in total. The summed E-state index contributed by atoms with van der Waals surface area (Å²) in [5.74, 6) is 0.782. The van der Waals surface area contributed by atoms with Crippen LogP contribution in [0.15, 0.2) is 36.4 Å². The highest BCUT2D eigenvalue weighted by atomic mass is 35.5. The van der Waals surface area contributed by atoms with Crippen molar-refractivity contribution in [2.24, 2.45) is 11.8 Å². The predicted octanol–water partition coefficient (Wildman–Crippen LogP) is 5.32. The summed E-state index contributed by atoms with van der Waals surface area (Å²) in [6.45, 7) is 3.63. The molecule has 2 aromatic rings. The van der Waals surface area contributed by atoms with Gasteiger partial charge < -0.3 is 14.5 Å². The van der Waals surface area contributed by atoms with Crippen molar-refractivity contribution in [2.45, 2.75) is 76.2 Å². The fourth-order valence-electron chi connectivity index (χ4n) is 7.87. The molecule has 6 rings (SSSR count). The average molecular weight is 628 g/mol. The number of nitrogens with one attached hydrogen (secondary N) is 1. The van der Waals surface area contributed by atoms with Crippen molar-refractivity contribution in [1.82, 2.24) is 9.62 Å². The molecule has 1 fully saturated rings. The quantitative estimate of drug-likeness (QED) is 0.460. The molecule has 1 spiro atoms. The number of fused-ring (bicyclic) bond motifs is 4. The smallest absolute Gasteiger partial charge is 0.264 e. The van der Waals surface area contributed by atoms with Gasteiger partial charge in [-0.15, -0.1) is 0 Å². The topological polar surface area (TPSA) is 96.0 Å². The maximum Gasteiger partial charge on any atom is 0.264 e. The third kappa shape index (κ3) is 6.12. The summed E-state index contributed by atoms with van der Waals surface area (Å²) < 4.78 is 34.5. The molecule has 3 unspecified atom stereocenters. The van der Waals surface area contributed by atoms with Crippen LogP contribution in [0.25, 0.3) is 0 Å². The second kappa shape index (κ2) is 12.0. The van der Waals surface area contributed by atoms with Gasteiger partial charge >= 0.3 is 0 Å². The van der Waals surface area contributed by atoms with Crippen LogP contribution in [0.1, 0.15) is 79.8 Å². The van der Waals surface area contributed by atoms with Crippen LogP contribution in [0.2, 0.25) is 5.02 Å². The zero-order valence-corrected chi connectivity index (χ0v) is 26.7. The lowest BCUT2D eigenvalue weighted by atomic mass is 9.67. The van der Waals surface area contributed by atoms with Crippen molar-refractivity contribution >= 4 is 39.1 Å². The highest BCUT2D eigenvalue weighted by Gasteiger charge is 2.45. The Kier molecular flexibility index (Phi) is 8.41. The Bertz CT molecular complexity index is 1510. The van der Waals surface area contributed by atoms with E-state index in [4.69, 9.17) is 16.3 Å². The maximum absolute atomic E-state index is 13.2. The number of ether oxygens (including phenoxy) is 1. The number of aryl methyl sites for hydroxylation is 1. The van der Waals surface area contributed by atoms with Crippen molar-refractivity contribution in [3.05, 3.63) is 58.1 Å². The van der Waals surface area contributed by atoms with E-state index in [-0.39, 0.29) is 23.1 Å². The minimum Gasteiger partial charge on any atom is -0.490 e. The lowest BCUT2D eigenvalue weighted by molar-refractivity contribution is -0.132. The van der Waals surface area contributed by atoms with Gasteiger partial charge in [0.15, 0.2) is 0 Å². The Morgan fingerprint density at radius 2 is 1.93 bits per heavy atom. The lowest BCUT2D eigenvalue weighted by Gasteiger charge is -2.48. The van der Waals surface area contributed by atoms with Crippen molar-refractivity contribution in [3.8, 4) is 5.75 Å². The Morgan fingerprint density at radius 3 is 2.70 bits per heavy atom. The molecule has 2 amide bonds. The molecule has 0 saturated heterocycles. The standard InChI is InChI=1S/C33H42ClN3O5S/c1-22(38)36(2)29-8-4-3-5-16-43(40,41)35-32(39)24-10-14-31-30(18-24)37(19-25-9-12-27(25)29)20-33(21-42-31)15-6-7-23-17-26(34)11-13-28(23)33/h10-11,13-14,17-18,25,27,29H,3-9,12,15-16,19-21H2,1-2H3,(H,35,39)/t25?,27?,29?,33-/m0/s1. The van der Waals surface area contributed by atoms with E-state index in [9.17, 15) is 18.0 Å². The number of rotatable bonds is 1. The third-order valence-corrected chi connectivity index (χ3v) is 11.9. The van der Waals surface area contributed by atoms with E-state index in [0.717, 1.165) is 68.6 Å². The molecule has 2 bridgehead atoms. The first kappa shape index (κ1) is 30.3. The summed E-state index contributed by atoms with van der Waals surface area (Å²) >= 11 is 6.41. The van der Waals surface area contributed by atoms with Crippen molar-refractivity contribution in [2.75, 3.05) is 37.4 Å². The summed E-state index contributed by atoms with van der Waals surface area (Å²) in [7, 11) is -1.88. The maximum atomic E-state index is 13.2. The van der Waals surface area contributed by atoms with Gasteiger partial charge in [0, 0.05) is 49.1 Å². The van der Waals surface area contributed by atoms with Gasteiger partial charge in [-0.2, -0.15) is 0 Å². The van der Waals surface area contributed by atoms with Gasteiger partial charge in [0.05, 0.1) is 18.0 Å². The molecule has 2 aliphatic heterocycles. The number of sulfonamides is 1. The van der Waals surface area contributed by atoms with E-state index < -0.39 is 15.9 Å². The highest BCUT2D eigenvalue weighted by Crippen LogP contribution is 2.47. The molecule has 10 heteroatoms. The molecule has 4 atom stereocenters. The van der Waals surface area contributed by atoms with Gasteiger partial charge in [-0.3, -0.25) is 9.59 Å². The Labute approximate surface area is 260 Å². The van der Waals surface area contributed by atoms with Crippen LogP contribution in [0, 0.1) is 11.8 Å². The molecule has 43 heavy (non-hydrogen) atoms. The van der Waals surface area contributed by atoms with Crippen LogP contribution in [0.4, 0.5) is 5.69 Å². The molecule has 4 aliphatic rings. The molecular formula is C33H42ClN3O5S. The van der Waals surface area contributed by atoms with Gasteiger partial charge in [0.25, 0.3) is 5.91 Å². The Morgan fingerprint density at radius 1 is 1.09 bits per heavy atom. The third-order valence-electron chi connectivity index (χ3n) is 10.4. The zero-order chi connectivity index (χ0) is 30.4. The van der Waals surface area contributed by atoms with Gasteiger partial charge in [-0.25, -0.2) is 13.1 Å². The predicted molar refractivity (Wildman–Crippen MR) is 168 cm³/mol. The largest absolute Gasteiger partial charge is 0.490 e. The number of amides is 2. The number of nitrogens with zero attached hydrogens (tertiary/aromatic N) is 2. The molecule has 1 N–H and O–H groups in total. The first-order valence-electron chi connectivity index (χ1n) is 15.6. The second-order valence-electron chi connectivity index (χ2n) is 13.1. The van der Waals surface area contributed by atoms with E-state index in [1.807, 2.05) is 24.1 Å². The number of halogens is 1. The molecule has 2 aliphatic carbocycles. The summed E-state index contributed by atoms with van der Waals surface area (Å²) in [5.41, 5.74) is 3.40. The first-order valence-corrected chi connectivity index (χ1v) is 17.7. The Hall–Kier alpha value is -2.78. The number of hydrogen-bond acceptors (Lipinski definition) is 6. The second-order valence-corrected chi connectivity index (χ2v) is 15.4. The number of carbonyl (C=O) groups excluding carboxylic acids is 2. The molecule has 2 aromatic carbocycles. The van der Waals surface area contributed by atoms with Crippen LogP contribution >= 0.6 is 11.6 Å². The number of carbonyl (C=O) groups is 2. The van der Waals surface area contributed by atoms with Gasteiger partial charge in [0.1, 0.15) is 5.75 Å². The van der Waals surface area contributed by atoms with Crippen molar-refractivity contribution in [3.63, 3.8) is 0 Å². The monoisotopic (exact) mass is 627 g/mol. The van der Waals surface area contributed by atoms with Crippen LogP contribution < -0.4 is 14.4 Å². The number of benzene rings is 2. The van der Waals surface area contributed by atoms with E-state index in [0.29, 0.717) is 42.7 Å². The van der Waals surface area contributed by atoms with E-state index >= 15 is 0 Å². The van der Waals surface area contributed by atoms with Gasteiger partial charge in [-0.1, -0.05) is 30.5 Å². The molecule has 0 radical (unpaired) electrons. The van der Waals surface area contributed by atoms with Crippen molar-refractivity contribution in [1.29, 1.82) is 0 Å². The molecule has 232 valence electrons. The minimum absolute atomic E-state index is 0.0601. The highest BCUT2D eigenvalue weighted by molar-refractivity contribution is 7.90. The molecule has 1 saturated carbocycles. The van der Waals surface area contributed by atoms with Crippen LogP contribution in [0.5, 0.6) is 5.75 Å². The van der Waals surface area contributed by atoms with Gasteiger partial charge in [-0.05, 0) is 98.2 Å². The van der Waals surface area contributed by atoms with Crippen LogP contribution in [0.3, 0.4) is 0 Å². The lowest BCUT2D eigenvalue weighted by Crippen LogP contribution is -2.52. The number of hydrogen-bond donors (Lipinski definition) is 1. The summed E-state index contributed by atoms with van der Waals surface area (Å²) in [6, 6.07) is 11.6. The summed E-state index contributed by atoms with van der Waals surface area (Å²) in [4.78, 5) is 30.0. The van der Waals surface area contributed by atoms with E-state index in [1.165, 1.54) is 11.1 Å². The summed E-state index contributed by atoms with van der Waals surface area (Å²) in [6.07, 6.45) is 7.99. The molecule has 0 aromatic heterocycles. The summed E-state index contributed by atoms with van der Waals surface area (Å²) in [5, 5.41) is 0.738. The molecule has 2 heterocycles. The van der Waals surface area contributed by atoms with E-state index in [1.54, 1.807) is 19.1 Å². The average Bonchev–Trinajstić information content (AvgIpc) is 3.10. The molecular weight excluding hydrogens is 586 g/mol. The fourth-order valence-corrected chi connectivity index (χ4v) is 9.15. The van der Waals surface area contributed by atoms with Crippen LogP contribution in [-0.4, -0.2) is 63.7 Å². The number of anilines is 1. The minimum atomic E-state index is -3.78. The first-order chi connectivity index (χ1) is 20.6. The van der Waals surface area contributed by atoms with E-state index in [2.05, 4.69) is 21.8 Å².